The summed E-state index contributed by atoms with van der Waals surface area (Å²) in [5.41, 5.74) is 1.66. The molecule has 0 fully saturated rings. The Morgan fingerprint density at radius 2 is 1.70 bits per heavy atom. The van der Waals surface area contributed by atoms with E-state index in [1.807, 2.05) is 42.2 Å². The Labute approximate surface area is 122 Å². The third-order valence-corrected chi connectivity index (χ3v) is 4.38. The fourth-order valence-corrected chi connectivity index (χ4v) is 3.16. The number of alkyl halides is 3. The van der Waals surface area contributed by atoms with Crippen molar-refractivity contribution in [3.05, 3.63) is 70.2 Å². The number of benzene rings is 2. The fourth-order valence-electron chi connectivity index (χ4n) is 1.61. The molecule has 0 aliphatic carbocycles. The maximum absolute atomic E-state index is 12.6. The molecule has 2 aromatic carbocycles. The first-order valence-electron chi connectivity index (χ1n) is 6.02. The Kier molecular flexibility index (Phi) is 4.68. The topological polar surface area (TPSA) is 0 Å². The Hall–Kier alpha value is -1.51. The summed E-state index contributed by atoms with van der Waals surface area (Å²) < 4.78 is 38.5. The minimum atomic E-state index is -4.27. The standard InChI is InChI=1S/C16H13F3Se/c1-12-5-7-13(8-6-12)9-10-20-15-4-2-3-14(11-15)16(17,18)19/h2-11H,1H3. The van der Waals surface area contributed by atoms with E-state index >= 15 is 0 Å². The van der Waals surface area contributed by atoms with Gasteiger partial charge in [0.25, 0.3) is 0 Å². The molecule has 0 amide bonds. The second-order valence-electron chi connectivity index (χ2n) is 4.36. The van der Waals surface area contributed by atoms with Gasteiger partial charge in [0, 0.05) is 0 Å². The average Bonchev–Trinajstić information content (AvgIpc) is 2.40. The van der Waals surface area contributed by atoms with E-state index in [9.17, 15) is 13.2 Å². The van der Waals surface area contributed by atoms with Crippen LogP contribution in [0.5, 0.6) is 0 Å². The maximum atomic E-state index is 12.6. The number of halogens is 3. The number of hydrogen-bond donors (Lipinski definition) is 0. The van der Waals surface area contributed by atoms with E-state index in [1.165, 1.54) is 17.7 Å². The van der Waals surface area contributed by atoms with E-state index in [0.717, 1.165) is 16.1 Å². The molecule has 0 aliphatic rings. The fraction of sp³-hybridized carbons (Fsp3) is 0.125. The van der Waals surface area contributed by atoms with Crippen molar-refractivity contribution in [1.82, 2.24) is 0 Å². The van der Waals surface area contributed by atoms with E-state index in [0.29, 0.717) is 0 Å². The van der Waals surface area contributed by atoms with Gasteiger partial charge in [0.2, 0.25) is 0 Å². The second-order valence-corrected chi connectivity index (χ2v) is 6.41. The molecule has 2 rings (SSSR count). The third-order valence-electron chi connectivity index (χ3n) is 2.70. The van der Waals surface area contributed by atoms with Crippen molar-refractivity contribution in [3.8, 4) is 0 Å². The van der Waals surface area contributed by atoms with Gasteiger partial charge in [0.05, 0.1) is 0 Å². The molecular formula is C16H13F3Se. The minimum absolute atomic E-state index is 0.105. The second kappa shape index (κ2) is 6.29. The summed E-state index contributed by atoms with van der Waals surface area (Å²) in [6.07, 6.45) is -2.33. The average molecular weight is 341 g/mol. The van der Waals surface area contributed by atoms with Crippen LogP contribution in [0.1, 0.15) is 16.7 Å². The molecule has 0 radical (unpaired) electrons. The van der Waals surface area contributed by atoms with E-state index in [-0.39, 0.29) is 15.0 Å². The number of rotatable bonds is 3. The predicted octanol–water partition coefficient (Wildman–Crippen LogP) is 4.01. The van der Waals surface area contributed by atoms with Crippen molar-refractivity contribution >= 4 is 25.5 Å². The predicted molar refractivity (Wildman–Crippen MR) is 77.0 cm³/mol. The van der Waals surface area contributed by atoms with Crippen molar-refractivity contribution in [1.29, 1.82) is 0 Å². The SMILES string of the molecule is Cc1ccc(C=C[Se]c2cccc(C(F)(F)F)c2)cc1. The molecule has 0 atom stereocenters. The van der Waals surface area contributed by atoms with Crippen molar-refractivity contribution in [2.24, 2.45) is 0 Å². The van der Waals surface area contributed by atoms with Gasteiger partial charge in [-0.1, -0.05) is 0 Å². The molecule has 0 unspecified atom stereocenters. The van der Waals surface area contributed by atoms with Crippen LogP contribution in [0.4, 0.5) is 13.2 Å². The summed E-state index contributed by atoms with van der Waals surface area (Å²) >= 11 is -0.105. The van der Waals surface area contributed by atoms with Crippen LogP contribution in [0, 0.1) is 6.92 Å². The van der Waals surface area contributed by atoms with Crippen molar-refractivity contribution in [3.63, 3.8) is 0 Å². The van der Waals surface area contributed by atoms with Crippen LogP contribution < -0.4 is 4.46 Å². The third kappa shape index (κ3) is 4.26. The van der Waals surface area contributed by atoms with Crippen molar-refractivity contribution in [2.45, 2.75) is 13.1 Å². The number of hydrogen-bond acceptors (Lipinski definition) is 0. The first-order valence-corrected chi connectivity index (χ1v) is 7.87. The van der Waals surface area contributed by atoms with Crippen LogP contribution in [0.2, 0.25) is 0 Å². The van der Waals surface area contributed by atoms with Crippen LogP contribution in [0.25, 0.3) is 6.08 Å². The Morgan fingerprint density at radius 1 is 1.00 bits per heavy atom. The molecule has 0 nitrogen and oxygen atoms in total. The van der Waals surface area contributed by atoms with Crippen LogP contribution in [-0.2, 0) is 6.18 Å². The summed E-state index contributed by atoms with van der Waals surface area (Å²) in [4.78, 5) is 1.94. The summed E-state index contributed by atoms with van der Waals surface area (Å²) in [6, 6.07) is 13.5. The molecular weight excluding hydrogens is 328 g/mol. The molecule has 0 N–H and O–H groups in total. The molecule has 2 aromatic rings. The molecule has 0 spiro atoms. The molecule has 4 heteroatoms. The summed E-state index contributed by atoms with van der Waals surface area (Å²) in [7, 11) is 0. The van der Waals surface area contributed by atoms with Gasteiger partial charge in [-0.15, -0.1) is 0 Å². The van der Waals surface area contributed by atoms with Gasteiger partial charge in [0.1, 0.15) is 0 Å². The molecule has 0 saturated heterocycles. The molecule has 0 aliphatic heterocycles. The number of aryl methyl sites for hydroxylation is 1. The van der Waals surface area contributed by atoms with Crippen LogP contribution >= 0.6 is 0 Å². The van der Waals surface area contributed by atoms with Gasteiger partial charge in [-0.3, -0.25) is 0 Å². The van der Waals surface area contributed by atoms with E-state index in [1.54, 1.807) is 6.07 Å². The van der Waals surface area contributed by atoms with Crippen LogP contribution in [-0.4, -0.2) is 15.0 Å². The van der Waals surface area contributed by atoms with E-state index in [4.69, 9.17) is 0 Å². The van der Waals surface area contributed by atoms with Gasteiger partial charge in [-0.05, 0) is 0 Å². The van der Waals surface area contributed by atoms with Gasteiger partial charge >= 0.3 is 122 Å². The molecule has 0 saturated carbocycles. The van der Waals surface area contributed by atoms with E-state index in [2.05, 4.69) is 0 Å². The summed E-state index contributed by atoms with van der Waals surface area (Å²) in [6.45, 7) is 2.01. The van der Waals surface area contributed by atoms with Crippen LogP contribution in [0.3, 0.4) is 0 Å². The summed E-state index contributed by atoms with van der Waals surface area (Å²) in [5.74, 6) is 0. The zero-order valence-corrected chi connectivity index (χ0v) is 12.5. The van der Waals surface area contributed by atoms with Gasteiger partial charge in [-0.25, -0.2) is 0 Å². The van der Waals surface area contributed by atoms with Crippen LogP contribution in [0.15, 0.2) is 53.5 Å². The molecule has 0 bridgehead atoms. The normalized spacial score (nSPS) is 12.0. The zero-order chi connectivity index (χ0) is 14.6. The Balaban J connectivity index is 2.05. The first kappa shape index (κ1) is 14.9. The molecule has 104 valence electrons. The monoisotopic (exact) mass is 342 g/mol. The Morgan fingerprint density at radius 3 is 2.35 bits per heavy atom. The van der Waals surface area contributed by atoms with Crippen molar-refractivity contribution < 1.29 is 13.2 Å². The molecule has 0 heterocycles. The molecule has 20 heavy (non-hydrogen) atoms. The van der Waals surface area contributed by atoms with Gasteiger partial charge in [0.15, 0.2) is 0 Å². The molecule has 0 aromatic heterocycles. The van der Waals surface area contributed by atoms with Crippen molar-refractivity contribution in [2.75, 3.05) is 0 Å². The first-order chi connectivity index (χ1) is 9.45. The van der Waals surface area contributed by atoms with Gasteiger partial charge < -0.3 is 0 Å². The summed E-state index contributed by atoms with van der Waals surface area (Å²) in [5, 5.41) is 0. The van der Waals surface area contributed by atoms with Gasteiger partial charge in [-0.2, -0.15) is 0 Å². The quantitative estimate of drug-likeness (QED) is 0.740. The zero-order valence-electron chi connectivity index (χ0n) is 10.8. The van der Waals surface area contributed by atoms with E-state index < -0.39 is 11.7 Å². The Bertz CT molecular complexity index is 598.